The molecule has 1 atom stereocenters. The summed E-state index contributed by atoms with van der Waals surface area (Å²) in [6.07, 6.45) is 4.16. The zero-order valence-corrected chi connectivity index (χ0v) is 14.3. The Labute approximate surface area is 136 Å². The number of benzene rings is 1. The van der Waals surface area contributed by atoms with E-state index in [4.69, 9.17) is 0 Å². The van der Waals surface area contributed by atoms with Crippen LogP contribution in [0.15, 0.2) is 29.2 Å². The van der Waals surface area contributed by atoms with E-state index in [1.165, 1.54) is 4.90 Å². The Morgan fingerprint density at radius 1 is 1.32 bits per heavy atom. The lowest BCUT2D eigenvalue weighted by molar-refractivity contribution is -0.127. The largest absolute Gasteiger partial charge is 0.353 e. The molecule has 1 aromatic rings. The summed E-state index contributed by atoms with van der Waals surface area (Å²) >= 11 is 1.67. The molecule has 22 heavy (non-hydrogen) atoms. The van der Waals surface area contributed by atoms with Crippen LogP contribution in [0.25, 0.3) is 0 Å². The van der Waals surface area contributed by atoms with E-state index in [9.17, 15) is 9.59 Å². The molecule has 120 valence electrons. The van der Waals surface area contributed by atoms with Crippen LogP contribution >= 0.6 is 11.8 Å². The first-order chi connectivity index (χ1) is 10.6. The first kappa shape index (κ1) is 16.9. The predicted octanol–water partition coefficient (Wildman–Crippen LogP) is 3.07. The van der Waals surface area contributed by atoms with Gasteiger partial charge in [-0.15, -0.1) is 11.8 Å². The molecule has 4 nitrogen and oxygen atoms in total. The van der Waals surface area contributed by atoms with Crippen LogP contribution in [0.3, 0.4) is 0 Å². The fourth-order valence-electron chi connectivity index (χ4n) is 2.71. The van der Waals surface area contributed by atoms with Gasteiger partial charge >= 0.3 is 0 Å². The third-order valence-electron chi connectivity index (χ3n) is 4.21. The topological polar surface area (TPSA) is 49.4 Å². The summed E-state index contributed by atoms with van der Waals surface area (Å²) < 4.78 is 0. The number of amides is 2. The highest BCUT2D eigenvalue weighted by Gasteiger charge is 2.35. The molecule has 5 heteroatoms. The van der Waals surface area contributed by atoms with E-state index >= 15 is 0 Å². The Balaban J connectivity index is 2.02. The molecule has 1 fully saturated rings. The average molecular weight is 320 g/mol. The monoisotopic (exact) mass is 320 g/mol. The Bertz CT molecular complexity index is 526. The number of hydrogen-bond donors (Lipinski definition) is 1. The van der Waals surface area contributed by atoms with Crippen LogP contribution in [-0.4, -0.2) is 30.7 Å². The maximum absolute atomic E-state index is 12.3. The van der Waals surface area contributed by atoms with Crippen LogP contribution in [0.2, 0.25) is 0 Å². The lowest BCUT2D eigenvalue weighted by Crippen LogP contribution is -2.39. The molecule has 0 saturated carbocycles. The van der Waals surface area contributed by atoms with Gasteiger partial charge < -0.3 is 10.2 Å². The molecule has 0 bridgehead atoms. The van der Waals surface area contributed by atoms with Gasteiger partial charge in [0.2, 0.25) is 11.8 Å². The maximum atomic E-state index is 12.3. The van der Waals surface area contributed by atoms with E-state index in [0.717, 1.165) is 18.5 Å². The van der Waals surface area contributed by atoms with Gasteiger partial charge in [0.25, 0.3) is 0 Å². The van der Waals surface area contributed by atoms with Crippen molar-refractivity contribution in [2.75, 3.05) is 17.7 Å². The molecule has 0 aromatic heterocycles. The number of nitrogens with one attached hydrogen (secondary N) is 1. The van der Waals surface area contributed by atoms with Crippen LogP contribution in [0.5, 0.6) is 0 Å². The lowest BCUT2D eigenvalue weighted by Gasteiger charge is -2.19. The van der Waals surface area contributed by atoms with Crippen molar-refractivity contribution < 1.29 is 9.59 Å². The van der Waals surface area contributed by atoms with Crippen LogP contribution < -0.4 is 10.2 Å². The van der Waals surface area contributed by atoms with Gasteiger partial charge in [0.05, 0.1) is 5.92 Å². The molecule has 1 unspecified atom stereocenters. The second-order valence-electron chi connectivity index (χ2n) is 5.63. The SMILES string of the molecule is CCC(CC)NC(=O)C1CC(=O)N(c2ccc(SC)cc2)C1. The van der Waals surface area contributed by atoms with Crippen molar-refractivity contribution in [2.45, 2.75) is 44.0 Å². The Kier molecular flexibility index (Phi) is 5.89. The van der Waals surface area contributed by atoms with Crippen molar-refractivity contribution in [2.24, 2.45) is 5.92 Å². The Hall–Kier alpha value is -1.49. The molecule has 1 saturated heterocycles. The molecular formula is C17H24N2O2S. The Morgan fingerprint density at radius 3 is 2.50 bits per heavy atom. The van der Waals surface area contributed by atoms with E-state index in [-0.39, 0.29) is 23.8 Å². The minimum atomic E-state index is -0.242. The molecular weight excluding hydrogens is 296 g/mol. The molecule has 0 spiro atoms. The molecule has 1 N–H and O–H groups in total. The third-order valence-corrected chi connectivity index (χ3v) is 4.96. The van der Waals surface area contributed by atoms with E-state index < -0.39 is 0 Å². The van der Waals surface area contributed by atoms with Gasteiger partial charge in [0.1, 0.15) is 0 Å². The highest BCUT2D eigenvalue weighted by molar-refractivity contribution is 7.98. The fraction of sp³-hybridized carbons (Fsp3) is 0.529. The zero-order valence-electron chi connectivity index (χ0n) is 13.5. The van der Waals surface area contributed by atoms with Crippen molar-refractivity contribution in [3.05, 3.63) is 24.3 Å². The number of anilines is 1. The van der Waals surface area contributed by atoms with Crippen LogP contribution in [-0.2, 0) is 9.59 Å². The number of carbonyl (C=O) groups excluding carboxylic acids is 2. The quantitative estimate of drug-likeness (QED) is 0.820. The minimum Gasteiger partial charge on any atom is -0.353 e. The smallest absolute Gasteiger partial charge is 0.227 e. The summed E-state index contributed by atoms with van der Waals surface area (Å²) in [5.74, 6) is -0.208. The van der Waals surface area contributed by atoms with Crippen LogP contribution in [0.1, 0.15) is 33.1 Å². The van der Waals surface area contributed by atoms with Crippen LogP contribution in [0.4, 0.5) is 5.69 Å². The van der Waals surface area contributed by atoms with Gasteiger partial charge in [-0.1, -0.05) is 13.8 Å². The fourth-order valence-corrected chi connectivity index (χ4v) is 3.11. The van der Waals surface area contributed by atoms with Crippen molar-refractivity contribution in [1.29, 1.82) is 0 Å². The number of carbonyl (C=O) groups is 2. The molecule has 1 aliphatic rings. The van der Waals surface area contributed by atoms with Crippen molar-refractivity contribution >= 4 is 29.3 Å². The zero-order chi connectivity index (χ0) is 16.1. The molecule has 1 aromatic carbocycles. The van der Waals surface area contributed by atoms with Crippen molar-refractivity contribution in [3.63, 3.8) is 0 Å². The Morgan fingerprint density at radius 2 is 1.95 bits per heavy atom. The second-order valence-corrected chi connectivity index (χ2v) is 6.51. The summed E-state index contributed by atoms with van der Waals surface area (Å²) in [6, 6.07) is 8.11. The minimum absolute atomic E-state index is 0.00489. The van der Waals surface area contributed by atoms with Gasteiger partial charge in [0, 0.05) is 29.6 Å². The van der Waals surface area contributed by atoms with Gasteiger partial charge in [-0.2, -0.15) is 0 Å². The number of hydrogen-bond acceptors (Lipinski definition) is 3. The van der Waals surface area contributed by atoms with E-state index in [2.05, 4.69) is 19.2 Å². The summed E-state index contributed by atoms with van der Waals surface area (Å²) in [6.45, 7) is 4.60. The summed E-state index contributed by atoms with van der Waals surface area (Å²) in [7, 11) is 0. The average Bonchev–Trinajstić information content (AvgIpc) is 2.94. The van der Waals surface area contributed by atoms with E-state index in [1.807, 2.05) is 30.5 Å². The van der Waals surface area contributed by atoms with E-state index in [1.54, 1.807) is 16.7 Å². The van der Waals surface area contributed by atoms with Crippen LogP contribution in [0, 0.1) is 5.92 Å². The van der Waals surface area contributed by atoms with E-state index in [0.29, 0.717) is 13.0 Å². The maximum Gasteiger partial charge on any atom is 0.227 e. The lowest BCUT2D eigenvalue weighted by atomic mass is 10.1. The van der Waals surface area contributed by atoms with Crippen molar-refractivity contribution in [1.82, 2.24) is 5.32 Å². The molecule has 2 amide bonds. The molecule has 2 rings (SSSR count). The van der Waals surface area contributed by atoms with Gasteiger partial charge in [0.15, 0.2) is 0 Å². The van der Waals surface area contributed by atoms with Gasteiger partial charge in [-0.05, 0) is 43.4 Å². The number of thioether (sulfide) groups is 1. The second kappa shape index (κ2) is 7.68. The van der Waals surface area contributed by atoms with Crippen molar-refractivity contribution in [3.8, 4) is 0 Å². The highest BCUT2D eigenvalue weighted by atomic mass is 32.2. The highest BCUT2D eigenvalue weighted by Crippen LogP contribution is 2.27. The summed E-state index contributed by atoms with van der Waals surface area (Å²) in [5, 5.41) is 3.05. The number of nitrogens with zero attached hydrogens (tertiary/aromatic N) is 1. The molecule has 0 radical (unpaired) electrons. The predicted molar refractivity (Wildman–Crippen MR) is 91.2 cm³/mol. The first-order valence-electron chi connectivity index (χ1n) is 7.83. The number of rotatable bonds is 6. The first-order valence-corrected chi connectivity index (χ1v) is 9.06. The third kappa shape index (κ3) is 3.83. The molecule has 1 aliphatic heterocycles. The molecule has 0 aliphatic carbocycles. The normalized spacial score (nSPS) is 18.1. The van der Waals surface area contributed by atoms with Gasteiger partial charge in [-0.25, -0.2) is 0 Å². The molecule has 1 heterocycles. The standard InChI is InChI=1S/C17H24N2O2S/c1-4-13(5-2)18-17(21)12-10-16(20)19(11-12)14-6-8-15(22-3)9-7-14/h6-9,12-13H,4-5,10-11H2,1-3H3,(H,18,21). The summed E-state index contributed by atoms with van der Waals surface area (Å²) in [4.78, 5) is 27.4. The summed E-state index contributed by atoms with van der Waals surface area (Å²) in [5.41, 5.74) is 0.876. The van der Waals surface area contributed by atoms with Gasteiger partial charge in [-0.3, -0.25) is 9.59 Å².